The maximum absolute atomic E-state index is 12.2. The summed E-state index contributed by atoms with van der Waals surface area (Å²) >= 11 is 6.68. The zero-order valence-corrected chi connectivity index (χ0v) is 16.8. The van der Waals surface area contributed by atoms with E-state index in [-0.39, 0.29) is 17.5 Å². The Kier molecular flexibility index (Phi) is 5.53. The smallest absolute Gasteiger partial charge is 0.246 e. The van der Waals surface area contributed by atoms with Crippen LogP contribution in [0.2, 0.25) is 0 Å². The van der Waals surface area contributed by atoms with E-state index in [4.69, 9.17) is 16.3 Å². The fourth-order valence-corrected chi connectivity index (χ4v) is 4.25. The molecule has 1 unspecified atom stereocenters. The van der Waals surface area contributed by atoms with Crippen molar-refractivity contribution in [2.75, 3.05) is 39.9 Å². The van der Waals surface area contributed by atoms with Crippen LogP contribution in [-0.2, 0) is 9.53 Å². The first-order chi connectivity index (χ1) is 13.6. The van der Waals surface area contributed by atoms with E-state index in [9.17, 15) is 4.79 Å². The van der Waals surface area contributed by atoms with Crippen molar-refractivity contribution in [3.05, 3.63) is 60.5 Å². The number of hydrogen-bond acceptors (Lipinski definition) is 5. The van der Waals surface area contributed by atoms with Gasteiger partial charge >= 0.3 is 0 Å². The molecular formula is C21H25ClN4O2. The van der Waals surface area contributed by atoms with Crippen molar-refractivity contribution >= 4 is 23.2 Å². The number of pyridine rings is 1. The molecule has 4 rings (SSSR count). The van der Waals surface area contributed by atoms with Crippen molar-refractivity contribution < 1.29 is 9.53 Å². The SMILES string of the molecule is C=CC(=O)N1CCN(C2COC2)C(C2=C[C@H](Cl)N(C)C(c3ccncc3)=C2)C1. The quantitative estimate of drug-likeness (QED) is 0.439. The van der Waals surface area contributed by atoms with Crippen LogP contribution >= 0.6 is 11.6 Å². The highest BCUT2D eigenvalue weighted by Crippen LogP contribution is 2.33. The van der Waals surface area contributed by atoms with Crippen molar-refractivity contribution in [1.82, 2.24) is 19.7 Å². The van der Waals surface area contributed by atoms with E-state index in [2.05, 4.69) is 28.6 Å². The van der Waals surface area contributed by atoms with Crippen LogP contribution in [0.4, 0.5) is 0 Å². The summed E-state index contributed by atoms with van der Waals surface area (Å²) in [5.41, 5.74) is 3.01. The second-order valence-corrected chi connectivity index (χ2v) is 7.80. The Morgan fingerprint density at radius 1 is 1.32 bits per heavy atom. The number of carbonyl (C=O) groups is 1. The Morgan fingerprint density at radius 2 is 2.07 bits per heavy atom. The molecular weight excluding hydrogens is 376 g/mol. The zero-order valence-electron chi connectivity index (χ0n) is 16.0. The minimum Gasteiger partial charge on any atom is -0.378 e. The molecule has 1 amide bonds. The van der Waals surface area contributed by atoms with Gasteiger partial charge in [0.15, 0.2) is 0 Å². The van der Waals surface area contributed by atoms with E-state index >= 15 is 0 Å². The van der Waals surface area contributed by atoms with Gasteiger partial charge in [0.25, 0.3) is 0 Å². The molecule has 4 heterocycles. The Hall–Kier alpha value is -2.15. The summed E-state index contributed by atoms with van der Waals surface area (Å²) in [6.07, 6.45) is 9.24. The Labute approximate surface area is 170 Å². The maximum atomic E-state index is 12.2. The maximum Gasteiger partial charge on any atom is 0.246 e. The monoisotopic (exact) mass is 400 g/mol. The van der Waals surface area contributed by atoms with E-state index in [1.807, 2.05) is 29.0 Å². The normalized spacial score (nSPS) is 26.4. The number of carbonyl (C=O) groups excluding carboxylic acids is 1. The van der Waals surface area contributed by atoms with Crippen LogP contribution in [0, 0.1) is 0 Å². The predicted molar refractivity (Wildman–Crippen MR) is 110 cm³/mol. The van der Waals surface area contributed by atoms with Gasteiger partial charge in [-0.2, -0.15) is 0 Å². The lowest BCUT2D eigenvalue weighted by Crippen LogP contribution is -2.62. The minimum atomic E-state index is -0.256. The van der Waals surface area contributed by atoms with Crippen molar-refractivity contribution in [3.63, 3.8) is 0 Å². The number of rotatable bonds is 4. The van der Waals surface area contributed by atoms with Crippen LogP contribution in [0.5, 0.6) is 0 Å². The molecule has 0 radical (unpaired) electrons. The average molecular weight is 401 g/mol. The largest absolute Gasteiger partial charge is 0.378 e. The fourth-order valence-electron chi connectivity index (χ4n) is 4.00. The van der Waals surface area contributed by atoms with Crippen LogP contribution < -0.4 is 0 Å². The first-order valence-corrected chi connectivity index (χ1v) is 9.97. The van der Waals surface area contributed by atoms with E-state index in [1.54, 1.807) is 12.4 Å². The molecule has 0 spiro atoms. The van der Waals surface area contributed by atoms with Gasteiger partial charge in [-0.05, 0) is 35.9 Å². The highest BCUT2D eigenvalue weighted by atomic mass is 35.5. The fraction of sp³-hybridized carbons (Fsp3) is 0.429. The Bertz CT molecular complexity index is 806. The van der Waals surface area contributed by atoms with E-state index < -0.39 is 0 Å². The summed E-state index contributed by atoms with van der Waals surface area (Å²) in [6.45, 7) is 7.27. The van der Waals surface area contributed by atoms with Crippen molar-refractivity contribution in [3.8, 4) is 0 Å². The summed E-state index contributed by atoms with van der Waals surface area (Å²) in [4.78, 5) is 22.7. The number of likely N-dealkylation sites (N-methyl/N-ethyl adjacent to an activating group) is 1. The average Bonchev–Trinajstić information content (AvgIpc) is 2.69. The van der Waals surface area contributed by atoms with Crippen LogP contribution in [0.25, 0.3) is 5.70 Å². The van der Waals surface area contributed by atoms with Gasteiger partial charge in [-0.25, -0.2) is 0 Å². The second kappa shape index (κ2) is 8.07. The summed E-state index contributed by atoms with van der Waals surface area (Å²) < 4.78 is 5.43. The molecule has 2 atom stereocenters. The lowest BCUT2D eigenvalue weighted by atomic mass is 9.94. The number of alkyl halides is 1. The molecule has 0 N–H and O–H groups in total. The molecule has 3 aliphatic heterocycles. The number of ether oxygens (including phenoxy) is 1. The Morgan fingerprint density at radius 3 is 2.71 bits per heavy atom. The molecule has 28 heavy (non-hydrogen) atoms. The molecule has 0 aromatic carbocycles. The molecule has 2 saturated heterocycles. The van der Waals surface area contributed by atoms with Gasteiger partial charge in [-0.15, -0.1) is 0 Å². The third-order valence-corrected chi connectivity index (χ3v) is 6.16. The first-order valence-electron chi connectivity index (χ1n) is 9.54. The standard InChI is InChI=1S/C21H25ClN4O2/c1-3-21(27)25-8-9-26(17-13-28-14-17)19(12-25)16-10-18(24(2)20(22)11-16)15-4-6-23-7-5-15/h3-7,10-11,17,19-20H,1,8-9,12-14H2,2H3/t19?,20-/m1/s1. The number of piperazine rings is 1. The lowest BCUT2D eigenvalue weighted by Gasteiger charge is -2.48. The number of halogens is 1. The van der Waals surface area contributed by atoms with Gasteiger partial charge in [0.05, 0.1) is 25.3 Å². The van der Waals surface area contributed by atoms with Crippen molar-refractivity contribution in [2.45, 2.75) is 17.6 Å². The van der Waals surface area contributed by atoms with E-state index in [0.717, 1.165) is 36.6 Å². The summed E-state index contributed by atoms with van der Waals surface area (Å²) in [5.74, 6) is -0.0243. The first kappa shape index (κ1) is 19.2. The van der Waals surface area contributed by atoms with Crippen molar-refractivity contribution in [1.29, 1.82) is 0 Å². The van der Waals surface area contributed by atoms with Gasteiger partial charge in [0.1, 0.15) is 5.50 Å². The second-order valence-electron chi connectivity index (χ2n) is 7.35. The number of nitrogens with zero attached hydrogens (tertiary/aromatic N) is 4. The van der Waals surface area contributed by atoms with Crippen LogP contribution in [-0.4, -0.2) is 83.1 Å². The van der Waals surface area contributed by atoms with Gasteiger partial charge in [0, 0.05) is 50.3 Å². The highest BCUT2D eigenvalue weighted by Gasteiger charge is 2.38. The molecule has 0 aliphatic carbocycles. The minimum absolute atomic E-state index is 0.0243. The molecule has 148 valence electrons. The molecule has 2 fully saturated rings. The van der Waals surface area contributed by atoms with E-state index in [0.29, 0.717) is 19.1 Å². The Balaban J connectivity index is 1.67. The topological polar surface area (TPSA) is 48.9 Å². The van der Waals surface area contributed by atoms with Gasteiger partial charge < -0.3 is 14.5 Å². The zero-order chi connectivity index (χ0) is 19.7. The van der Waals surface area contributed by atoms with Crippen LogP contribution in [0.15, 0.2) is 54.9 Å². The summed E-state index contributed by atoms with van der Waals surface area (Å²) in [7, 11) is 1.99. The number of hydrogen-bond donors (Lipinski definition) is 0. The number of aromatic nitrogens is 1. The predicted octanol–water partition coefficient (Wildman–Crippen LogP) is 1.96. The van der Waals surface area contributed by atoms with Gasteiger partial charge in [-0.3, -0.25) is 14.7 Å². The third kappa shape index (κ3) is 3.60. The molecule has 7 heteroatoms. The molecule has 1 aromatic rings. The van der Waals surface area contributed by atoms with Gasteiger partial charge in [-0.1, -0.05) is 18.2 Å². The lowest BCUT2D eigenvalue weighted by molar-refractivity contribution is -0.132. The van der Waals surface area contributed by atoms with Gasteiger partial charge in [0.2, 0.25) is 5.91 Å². The molecule has 3 aliphatic rings. The third-order valence-electron chi connectivity index (χ3n) is 5.74. The summed E-state index contributed by atoms with van der Waals surface area (Å²) in [5, 5.41) is 0. The molecule has 0 bridgehead atoms. The van der Waals surface area contributed by atoms with Crippen LogP contribution in [0.3, 0.4) is 0 Å². The van der Waals surface area contributed by atoms with Crippen molar-refractivity contribution in [2.24, 2.45) is 0 Å². The highest BCUT2D eigenvalue weighted by molar-refractivity contribution is 6.22. The molecule has 0 saturated carbocycles. The van der Waals surface area contributed by atoms with Crippen LogP contribution in [0.1, 0.15) is 5.56 Å². The molecule has 6 nitrogen and oxygen atoms in total. The van der Waals surface area contributed by atoms with E-state index in [1.165, 1.54) is 6.08 Å². The summed E-state index contributed by atoms with van der Waals surface area (Å²) in [6, 6.07) is 4.44. The number of amides is 1. The molecule has 1 aromatic heterocycles.